The Morgan fingerprint density at radius 1 is 1.03 bits per heavy atom. The summed E-state index contributed by atoms with van der Waals surface area (Å²) < 4.78 is 80.4. The van der Waals surface area contributed by atoms with Gasteiger partial charge in [0.15, 0.2) is 5.03 Å². The Labute approximate surface area is 167 Å². The van der Waals surface area contributed by atoms with Crippen LogP contribution in [0.5, 0.6) is 0 Å². The van der Waals surface area contributed by atoms with Gasteiger partial charge in [0.05, 0.1) is 16.3 Å². The fraction of sp³-hybridized carbons (Fsp3) is 0.0588. The minimum Gasteiger partial charge on any atom is -0.384 e. The number of pyridine rings is 2. The molecule has 0 amide bonds. The molecule has 0 spiro atoms. The van der Waals surface area contributed by atoms with Gasteiger partial charge in [-0.1, -0.05) is 17.7 Å². The van der Waals surface area contributed by atoms with Gasteiger partial charge in [0, 0.05) is 5.56 Å². The van der Waals surface area contributed by atoms with Gasteiger partial charge in [0.1, 0.15) is 17.5 Å². The summed E-state index contributed by atoms with van der Waals surface area (Å²) in [7, 11) is -4.28. The second-order valence-corrected chi connectivity index (χ2v) is 7.76. The second kappa shape index (κ2) is 7.48. The number of nitrogen functional groups attached to an aromatic ring is 1. The SMILES string of the molecule is Nc1cccc(S(=O)(=O)Nc2ccc(C(F)(F)F)c(-c3ccc(F)cc3Cl)n2)n1. The molecule has 0 fully saturated rings. The molecule has 0 saturated carbocycles. The standard InChI is InChI=1S/C17H11ClF4N4O2S/c18-12-8-9(19)4-5-10(12)16-11(17(20,21)22)6-7-14(25-16)26-29(27,28)15-3-1-2-13(23)24-15/h1-8H,(H2,23,24)(H,25,26). The van der Waals surface area contributed by atoms with Crippen LogP contribution in [-0.2, 0) is 16.2 Å². The predicted molar refractivity (Wildman–Crippen MR) is 99.1 cm³/mol. The Kier molecular flexibility index (Phi) is 5.37. The van der Waals surface area contributed by atoms with Gasteiger partial charge in [-0.3, -0.25) is 4.72 Å². The Balaban J connectivity index is 2.10. The molecule has 0 bridgehead atoms. The maximum atomic E-state index is 13.4. The molecular weight excluding hydrogens is 436 g/mol. The number of halogens is 5. The van der Waals surface area contributed by atoms with E-state index in [1.165, 1.54) is 12.1 Å². The quantitative estimate of drug-likeness (QED) is 0.581. The van der Waals surface area contributed by atoms with Crippen molar-refractivity contribution in [2.45, 2.75) is 11.2 Å². The van der Waals surface area contributed by atoms with E-state index >= 15 is 0 Å². The van der Waals surface area contributed by atoms with Crippen molar-refractivity contribution in [3.63, 3.8) is 0 Å². The lowest BCUT2D eigenvalue weighted by atomic mass is 10.1. The van der Waals surface area contributed by atoms with Crippen molar-refractivity contribution < 1.29 is 26.0 Å². The smallest absolute Gasteiger partial charge is 0.384 e. The number of nitrogens with zero attached hydrogens (tertiary/aromatic N) is 2. The minimum absolute atomic E-state index is 0.0629. The van der Waals surface area contributed by atoms with Gasteiger partial charge in [-0.05, 0) is 42.5 Å². The summed E-state index contributed by atoms with van der Waals surface area (Å²) in [4.78, 5) is 7.42. The first-order chi connectivity index (χ1) is 13.5. The number of alkyl halides is 3. The van der Waals surface area contributed by atoms with Gasteiger partial charge in [-0.2, -0.15) is 21.6 Å². The summed E-state index contributed by atoms with van der Waals surface area (Å²) in [5.41, 5.74) is 3.40. The number of aromatic nitrogens is 2. The molecule has 6 nitrogen and oxygen atoms in total. The second-order valence-electron chi connectivity index (χ2n) is 5.72. The zero-order valence-electron chi connectivity index (χ0n) is 14.2. The number of hydrogen-bond acceptors (Lipinski definition) is 5. The number of rotatable bonds is 4. The van der Waals surface area contributed by atoms with E-state index in [1.807, 2.05) is 4.72 Å². The zero-order valence-corrected chi connectivity index (χ0v) is 15.8. The van der Waals surface area contributed by atoms with Crippen molar-refractivity contribution in [1.29, 1.82) is 0 Å². The predicted octanol–water partition coefficient (Wildman–Crippen LogP) is 4.34. The third-order valence-corrected chi connectivity index (χ3v) is 5.21. The van der Waals surface area contributed by atoms with E-state index in [2.05, 4.69) is 9.97 Å². The maximum absolute atomic E-state index is 13.4. The summed E-state index contributed by atoms with van der Waals surface area (Å²) >= 11 is 5.87. The van der Waals surface area contributed by atoms with Crippen LogP contribution in [0.15, 0.2) is 53.6 Å². The average Bonchev–Trinajstić information content (AvgIpc) is 2.60. The topological polar surface area (TPSA) is 98.0 Å². The summed E-state index contributed by atoms with van der Waals surface area (Å²) in [5, 5.41) is -0.763. The van der Waals surface area contributed by atoms with Crippen molar-refractivity contribution in [2.75, 3.05) is 10.5 Å². The van der Waals surface area contributed by atoms with E-state index in [1.54, 1.807) is 0 Å². The lowest BCUT2D eigenvalue weighted by Gasteiger charge is -2.15. The summed E-state index contributed by atoms with van der Waals surface area (Å²) in [6.45, 7) is 0. The molecule has 3 aromatic rings. The van der Waals surface area contributed by atoms with Crippen molar-refractivity contribution in [1.82, 2.24) is 9.97 Å². The Bertz CT molecular complexity index is 1190. The molecule has 0 aliphatic rings. The highest BCUT2D eigenvalue weighted by Gasteiger charge is 2.35. The van der Waals surface area contributed by atoms with Gasteiger partial charge in [-0.25, -0.2) is 14.4 Å². The lowest BCUT2D eigenvalue weighted by Crippen LogP contribution is -2.17. The van der Waals surface area contributed by atoms with Crippen LogP contribution in [0.2, 0.25) is 5.02 Å². The van der Waals surface area contributed by atoms with E-state index in [0.717, 1.165) is 30.3 Å². The average molecular weight is 447 g/mol. The van der Waals surface area contributed by atoms with Crippen LogP contribution in [0.3, 0.4) is 0 Å². The van der Waals surface area contributed by atoms with E-state index in [9.17, 15) is 26.0 Å². The minimum atomic E-state index is -4.81. The van der Waals surface area contributed by atoms with Crippen molar-refractivity contribution in [3.8, 4) is 11.3 Å². The summed E-state index contributed by atoms with van der Waals surface area (Å²) in [5.74, 6) is -1.23. The van der Waals surface area contributed by atoms with Crippen molar-refractivity contribution >= 4 is 33.3 Å². The first-order valence-corrected chi connectivity index (χ1v) is 9.62. The summed E-state index contributed by atoms with van der Waals surface area (Å²) in [6.07, 6.45) is -4.81. The normalized spacial score (nSPS) is 12.0. The number of nitrogens with two attached hydrogens (primary N) is 1. The highest BCUT2D eigenvalue weighted by atomic mass is 35.5. The van der Waals surface area contributed by atoms with Crippen LogP contribution < -0.4 is 10.5 Å². The van der Waals surface area contributed by atoms with Crippen LogP contribution >= 0.6 is 11.6 Å². The molecule has 29 heavy (non-hydrogen) atoms. The van der Waals surface area contributed by atoms with Gasteiger partial charge >= 0.3 is 6.18 Å². The Hall–Kier alpha value is -2.92. The van der Waals surface area contributed by atoms with Crippen LogP contribution in [0.25, 0.3) is 11.3 Å². The maximum Gasteiger partial charge on any atom is 0.418 e. The lowest BCUT2D eigenvalue weighted by molar-refractivity contribution is -0.137. The van der Waals surface area contributed by atoms with Crippen molar-refractivity contribution in [3.05, 3.63) is 64.9 Å². The molecule has 0 unspecified atom stereocenters. The van der Waals surface area contributed by atoms with E-state index in [4.69, 9.17) is 17.3 Å². The first-order valence-electron chi connectivity index (χ1n) is 7.76. The number of benzene rings is 1. The number of hydrogen-bond donors (Lipinski definition) is 2. The van der Waals surface area contributed by atoms with E-state index < -0.39 is 44.1 Å². The summed E-state index contributed by atoms with van der Waals surface area (Å²) in [6, 6.07) is 8.11. The number of nitrogens with one attached hydrogen (secondary N) is 1. The monoisotopic (exact) mass is 446 g/mol. The molecule has 3 N–H and O–H groups in total. The Morgan fingerprint density at radius 2 is 1.76 bits per heavy atom. The van der Waals surface area contributed by atoms with Gasteiger partial charge < -0.3 is 5.73 Å². The van der Waals surface area contributed by atoms with Gasteiger partial charge in [0.25, 0.3) is 10.0 Å². The molecule has 12 heteroatoms. The molecule has 0 radical (unpaired) electrons. The third-order valence-electron chi connectivity index (χ3n) is 3.65. The highest BCUT2D eigenvalue weighted by Crippen LogP contribution is 2.39. The highest BCUT2D eigenvalue weighted by molar-refractivity contribution is 7.92. The number of sulfonamides is 1. The fourth-order valence-electron chi connectivity index (χ4n) is 2.40. The van der Waals surface area contributed by atoms with Crippen molar-refractivity contribution in [2.24, 2.45) is 0 Å². The molecule has 1 aromatic carbocycles. The largest absolute Gasteiger partial charge is 0.418 e. The third kappa shape index (κ3) is 4.57. The molecule has 152 valence electrons. The molecule has 0 atom stereocenters. The zero-order chi connectivity index (χ0) is 21.4. The molecule has 0 aliphatic carbocycles. The Morgan fingerprint density at radius 3 is 2.38 bits per heavy atom. The van der Waals surface area contributed by atoms with E-state index in [-0.39, 0.29) is 16.4 Å². The van der Waals surface area contributed by atoms with Gasteiger partial charge in [-0.15, -0.1) is 0 Å². The molecule has 2 heterocycles. The van der Waals surface area contributed by atoms with Crippen LogP contribution in [-0.4, -0.2) is 18.4 Å². The molecular formula is C17H11ClF4N4O2S. The molecule has 0 saturated heterocycles. The van der Waals surface area contributed by atoms with E-state index in [0.29, 0.717) is 6.07 Å². The van der Waals surface area contributed by atoms with Crippen LogP contribution in [0.4, 0.5) is 29.2 Å². The molecule has 3 rings (SSSR count). The fourth-order valence-corrected chi connectivity index (χ4v) is 3.64. The van der Waals surface area contributed by atoms with Crippen LogP contribution in [0.1, 0.15) is 5.56 Å². The molecule has 2 aromatic heterocycles. The number of anilines is 2. The first kappa shape index (κ1) is 20.8. The molecule has 0 aliphatic heterocycles. The van der Waals surface area contributed by atoms with Crippen LogP contribution in [0, 0.1) is 5.82 Å². The van der Waals surface area contributed by atoms with Gasteiger partial charge in [0.2, 0.25) is 0 Å².